The SMILES string of the molecule is COc1nnc(OC)c2nccnc12. The van der Waals surface area contributed by atoms with E-state index in [9.17, 15) is 0 Å². The van der Waals surface area contributed by atoms with Crippen molar-refractivity contribution in [3.8, 4) is 11.8 Å². The normalized spacial score (nSPS) is 10.1. The van der Waals surface area contributed by atoms with Crippen molar-refractivity contribution in [2.75, 3.05) is 14.2 Å². The van der Waals surface area contributed by atoms with Crippen LogP contribution in [0.25, 0.3) is 11.0 Å². The largest absolute Gasteiger partial charge is 0.478 e. The summed E-state index contributed by atoms with van der Waals surface area (Å²) >= 11 is 0. The van der Waals surface area contributed by atoms with Crippen molar-refractivity contribution in [3.63, 3.8) is 0 Å². The van der Waals surface area contributed by atoms with Crippen LogP contribution >= 0.6 is 0 Å². The van der Waals surface area contributed by atoms with E-state index < -0.39 is 0 Å². The lowest BCUT2D eigenvalue weighted by Gasteiger charge is -2.04. The third-order valence-corrected chi connectivity index (χ3v) is 1.72. The van der Waals surface area contributed by atoms with Gasteiger partial charge < -0.3 is 9.47 Å². The van der Waals surface area contributed by atoms with Crippen LogP contribution in [0, 0.1) is 0 Å². The summed E-state index contributed by atoms with van der Waals surface area (Å²) in [4.78, 5) is 8.18. The number of hydrogen-bond donors (Lipinski definition) is 0. The van der Waals surface area contributed by atoms with Crippen molar-refractivity contribution in [1.29, 1.82) is 0 Å². The van der Waals surface area contributed by atoms with E-state index in [0.717, 1.165) is 0 Å². The quantitative estimate of drug-likeness (QED) is 0.687. The van der Waals surface area contributed by atoms with Crippen LogP contribution in [0.2, 0.25) is 0 Å². The molecule has 0 N–H and O–H groups in total. The maximum absolute atomic E-state index is 5.00. The second kappa shape index (κ2) is 3.41. The zero-order valence-corrected chi connectivity index (χ0v) is 7.76. The summed E-state index contributed by atoms with van der Waals surface area (Å²) in [6.07, 6.45) is 3.12. The molecule has 0 spiro atoms. The van der Waals surface area contributed by atoms with Gasteiger partial charge in [0.1, 0.15) is 0 Å². The van der Waals surface area contributed by atoms with Gasteiger partial charge in [0, 0.05) is 12.4 Å². The molecule has 0 saturated heterocycles. The predicted molar refractivity (Wildman–Crippen MR) is 48.2 cm³/mol. The third-order valence-electron chi connectivity index (χ3n) is 1.72. The van der Waals surface area contributed by atoms with Gasteiger partial charge in [0.15, 0.2) is 11.0 Å². The highest BCUT2D eigenvalue weighted by Crippen LogP contribution is 2.23. The molecule has 0 radical (unpaired) electrons. The molecule has 6 nitrogen and oxygen atoms in total. The van der Waals surface area contributed by atoms with Gasteiger partial charge in [0.25, 0.3) is 11.8 Å². The molecule has 0 aliphatic carbocycles. The van der Waals surface area contributed by atoms with Gasteiger partial charge in [-0.25, -0.2) is 9.97 Å². The minimum atomic E-state index is 0.342. The molecule has 0 aliphatic rings. The smallest absolute Gasteiger partial charge is 0.261 e. The maximum Gasteiger partial charge on any atom is 0.261 e. The summed E-state index contributed by atoms with van der Waals surface area (Å²) in [7, 11) is 3.01. The number of nitrogens with zero attached hydrogens (tertiary/aromatic N) is 4. The molecule has 0 unspecified atom stereocenters. The third kappa shape index (κ3) is 1.20. The highest BCUT2D eigenvalue weighted by Gasteiger charge is 2.11. The Kier molecular flexibility index (Phi) is 2.10. The Hall–Kier alpha value is -1.98. The van der Waals surface area contributed by atoms with Gasteiger partial charge in [-0.15, -0.1) is 10.2 Å². The number of hydrogen-bond acceptors (Lipinski definition) is 6. The van der Waals surface area contributed by atoms with Crippen LogP contribution in [0.5, 0.6) is 11.8 Å². The van der Waals surface area contributed by atoms with Gasteiger partial charge in [-0.3, -0.25) is 0 Å². The summed E-state index contributed by atoms with van der Waals surface area (Å²) in [6, 6.07) is 0. The Labute approximate surface area is 79.9 Å². The second-order valence-corrected chi connectivity index (χ2v) is 2.47. The Morgan fingerprint density at radius 3 is 1.64 bits per heavy atom. The molecule has 72 valence electrons. The van der Waals surface area contributed by atoms with Gasteiger partial charge in [-0.1, -0.05) is 0 Å². The lowest BCUT2D eigenvalue weighted by molar-refractivity contribution is 0.374. The standard InChI is InChI=1S/C8H8N4O2/c1-13-7-5-6(10-4-3-9-5)8(14-2)12-11-7/h3-4H,1-2H3. The van der Waals surface area contributed by atoms with Crippen molar-refractivity contribution in [3.05, 3.63) is 12.4 Å². The Morgan fingerprint density at radius 1 is 0.857 bits per heavy atom. The van der Waals surface area contributed by atoms with E-state index in [0.29, 0.717) is 22.8 Å². The van der Waals surface area contributed by atoms with E-state index in [2.05, 4.69) is 20.2 Å². The molecule has 0 fully saturated rings. The van der Waals surface area contributed by atoms with E-state index >= 15 is 0 Å². The molecule has 0 aromatic carbocycles. The van der Waals surface area contributed by atoms with Crippen molar-refractivity contribution < 1.29 is 9.47 Å². The van der Waals surface area contributed by atoms with Crippen molar-refractivity contribution in [2.24, 2.45) is 0 Å². The van der Waals surface area contributed by atoms with Crippen LogP contribution in [0.1, 0.15) is 0 Å². The fourth-order valence-corrected chi connectivity index (χ4v) is 1.11. The molecule has 0 amide bonds. The molecule has 2 aromatic rings. The molecular formula is C8H8N4O2. The average Bonchev–Trinajstić information content (AvgIpc) is 2.27. The lowest BCUT2D eigenvalue weighted by atomic mass is 10.4. The molecule has 0 saturated carbocycles. The minimum absolute atomic E-state index is 0.342. The van der Waals surface area contributed by atoms with Crippen molar-refractivity contribution in [2.45, 2.75) is 0 Å². The number of ether oxygens (including phenoxy) is 2. The van der Waals surface area contributed by atoms with E-state index in [-0.39, 0.29) is 0 Å². The Morgan fingerprint density at radius 2 is 1.29 bits per heavy atom. The summed E-state index contributed by atoms with van der Waals surface area (Å²) < 4.78 is 9.99. The first-order chi connectivity index (χ1) is 6.86. The first kappa shape index (κ1) is 8.61. The Bertz CT molecular complexity index is 418. The molecule has 6 heteroatoms. The van der Waals surface area contributed by atoms with Crippen molar-refractivity contribution in [1.82, 2.24) is 20.2 Å². The van der Waals surface area contributed by atoms with Crippen molar-refractivity contribution >= 4 is 11.0 Å². The maximum atomic E-state index is 5.00. The van der Waals surface area contributed by atoms with Gasteiger partial charge in [-0.05, 0) is 0 Å². The van der Waals surface area contributed by atoms with Gasteiger partial charge >= 0.3 is 0 Å². The highest BCUT2D eigenvalue weighted by molar-refractivity contribution is 5.82. The topological polar surface area (TPSA) is 70.0 Å². The molecule has 0 atom stereocenters. The fraction of sp³-hybridized carbons (Fsp3) is 0.250. The van der Waals surface area contributed by atoms with Crippen LogP contribution in [0.15, 0.2) is 12.4 Å². The van der Waals surface area contributed by atoms with E-state index in [1.54, 1.807) is 12.4 Å². The number of rotatable bonds is 2. The predicted octanol–water partition coefficient (Wildman–Crippen LogP) is 0.437. The summed E-state index contributed by atoms with van der Waals surface area (Å²) in [5.74, 6) is 0.683. The zero-order chi connectivity index (χ0) is 9.97. The van der Waals surface area contributed by atoms with E-state index in [1.165, 1.54) is 14.2 Å². The van der Waals surface area contributed by atoms with Gasteiger partial charge in [0.05, 0.1) is 14.2 Å². The molecule has 2 heterocycles. The fourth-order valence-electron chi connectivity index (χ4n) is 1.11. The molecule has 14 heavy (non-hydrogen) atoms. The van der Waals surface area contributed by atoms with Crippen LogP contribution in [0.3, 0.4) is 0 Å². The van der Waals surface area contributed by atoms with Crippen LogP contribution < -0.4 is 9.47 Å². The second-order valence-electron chi connectivity index (χ2n) is 2.47. The summed E-state index contributed by atoms with van der Waals surface area (Å²) in [5.41, 5.74) is 1.09. The Balaban J connectivity index is 2.78. The van der Waals surface area contributed by atoms with E-state index in [4.69, 9.17) is 9.47 Å². The molecule has 0 aliphatic heterocycles. The molecule has 0 bridgehead atoms. The van der Waals surface area contributed by atoms with E-state index in [1.807, 2.05) is 0 Å². The average molecular weight is 192 g/mol. The molecule has 2 aromatic heterocycles. The van der Waals surface area contributed by atoms with Gasteiger partial charge in [-0.2, -0.15) is 0 Å². The summed E-state index contributed by atoms with van der Waals surface area (Å²) in [6.45, 7) is 0. The molecule has 2 rings (SSSR count). The van der Waals surface area contributed by atoms with Gasteiger partial charge in [0.2, 0.25) is 0 Å². The number of methoxy groups -OCH3 is 2. The monoisotopic (exact) mass is 192 g/mol. The lowest BCUT2D eigenvalue weighted by Crippen LogP contribution is -1.99. The first-order valence-electron chi connectivity index (χ1n) is 3.92. The zero-order valence-electron chi connectivity index (χ0n) is 7.76. The minimum Gasteiger partial charge on any atom is -0.478 e. The number of fused-ring (bicyclic) bond motifs is 1. The number of aromatic nitrogens is 4. The van der Waals surface area contributed by atoms with Crippen LogP contribution in [0.4, 0.5) is 0 Å². The molecular weight excluding hydrogens is 184 g/mol. The highest BCUT2D eigenvalue weighted by atomic mass is 16.5. The first-order valence-corrected chi connectivity index (χ1v) is 3.92. The summed E-state index contributed by atoms with van der Waals surface area (Å²) in [5, 5.41) is 7.59. The van der Waals surface area contributed by atoms with Crippen LogP contribution in [-0.4, -0.2) is 34.4 Å². The van der Waals surface area contributed by atoms with Crippen LogP contribution in [-0.2, 0) is 0 Å².